The molecule has 144 valence electrons. The SMILES string of the molecule is CN1C(=O)N[C@H](c2ccc(C(F)(F)F)cc2)C2=C1CN(CCC(=O)O)C2=O. The maximum absolute atomic E-state index is 12.8. The van der Waals surface area contributed by atoms with Crippen molar-refractivity contribution in [1.29, 1.82) is 0 Å². The first-order valence-corrected chi connectivity index (χ1v) is 8.05. The third-order valence-corrected chi connectivity index (χ3v) is 4.60. The Hall–Kier alpha value is -3.04. The van der Waals surface area contributed by atoms with Gasteiger partial charge >= 0.3 is 18.2 Å². The fourth-order valence-corrected chi connectivity index (χ4v) is 3.15. The van der Waals surface area contributed by atoms with Crippen LogP contribution in [0.3, 0.4) is 0 Å². The number of carbonyl (C=O) groups excluding carboxylic acids is 2. The molecule has 1 atom stereocenters. The summed E-state index contributed by atoms with van der Waals surface area (Å²) < 4.78 is 38.3. The Kier molecular flexibility index (Phi) is 4.58. The number of nitrogens with one attached hydrogen (secondary N) is 1. The number of alkyl halides is 3. The number of hydrogen-bond donors (Lipinski definition) is 2. The number of nitrogens with zero attached hydrogens (tertiary/aromatic N) is 2. The van der Waals surface area contributed by atoms with Crippen LogP contribution in [0.4, 0.5) is 18.0 Å². The number of carbonyl (C=O) groups is 3. The van der Waals surface area contributed by atoms with Gasteiger partial charge in [-0.25, -0.2) is 4.79 Å². The molecule has 0 saturated carbocycles. The Labute approximate surface area is 152 Å². The highest BCUT2D eigenvalue weighted by Crippen LogP contribution is 2.37. The van der Waals surface area contributed by atoms with Crippen molar-refractivity contribution in [3.63, 3.8) is 0 Å². The summed E-state index contributed by atoms with van der Waals surface area (Å²) in [6, 6.07) is 2.83. The van der Waals surface area contributed by atoms with Gasteiger partial charge in [0.1, 0.15) is 0 Å². The molecule has 2 heterocycles. The number of carboxylic acids is 1. The molecule has 2 N–H and O–H groups in total. The average molecular weight is 383 g/mol. The fraction of sp³-hybridized carbons (Fsp3) is 0.353. The number of likely N-dealkylation sites (N-methyl/N-ethyl adjacent to an activating group) is 1. The van der Waals surface area contributed by atoms with Crippen LogP contribution < -0.4 is 5.32 Å². The lowest BCUT2D eigenvalue weighted by Gasteiger charge is -2.31. The van der Waals surface area contributed by atoms with E-state index in [-0.39, 0.29) is 25.1 Å². The van der Waals surface area contributed by atoms with Crippen molar-refractivity contribution in [3.8, 4) is 0 Å². The highest BCUT2D eigenvalue weighted by atomic mass is 19.4. The Morgan fingerprint density at radius 1 is 1.26 bits per heavy atom. The van der Waals surface area contributed by atoms with E-state index in [4.69, 9.17) is 5.11 Å². The van der Waals surface area contributed by atoms with Gasteiger partial charge in [0.2, 0.25) is 0 Å². The van der Waals surface area contributed by atoms with Crippen LogP contribution in [0, 0.1) is 0 Å². The molecule has 27 heavy (non-hydrogen) atoms. The summed E-state index contributed by atoms with van der Waals surface area (Å²) in [5.41, 5.74) is 0.159. The van der Waals surface area contributed by atoms with E-state index in [0.29, 0.717) is 11.3 Å². The van der Waals surface area contributed by atoms with E-state index in [0.717, 1.165) is 12.1 Å². The number of urea groups is 1. The van der Waals surface area contributed by atoms with Crippen LogP contribution in [0.25, 0.3) is 0 Å². The Morgan fingerprint density at radius 2 is 1.89 bits per heavy atom. The standard InChI is InChI=1S/C17H16F3N3O4/c1-22-11-8-23(7-6-12(24)25)15(26)13(11)14(21-16(22)27)9-2-4-10(5-3-9)17(18,19)20/h2-5,14H,6-8H2,1H3,(H,21,27)(H,24,25)/t14-/m1/s1. The van der Waals surface area contributed by atoms with E-state index in [1.165, 1.54) is 29.0 Å². The third kappa shape index (κ3) is 3.46. The van der Waals surface area contributed by atoms with Gasteiger partial charge in [-0.05, 0) is 17.7 Å². The number of amides is 3. The topological polar surface area (TPSA) is 90.0 Å². The molecule has 0 spiro atoms. The fourth-order valence-electron chi connectivity index (χ4n) is 3.15. The molecule has 10 heteroatoms. The minimum atomic E-state index is -4.49. The second kappa shape index (κ2) is 6.60. The molecule has 2 aliphatic rings. The van der Waals surface area contributed by atoms with Gasteiger partial charge in [-0.2, -0.15) is 13.2 Å². The van der Waals surface area contributed by atoms with Crippen LogP contribution >= 0.6 is 0 Å². The largest absolute Gasteiger partial charge is 0.481 e. The highest BCUT2D eigenvalue weighted by Gasteiger charge is 2.43. The Bertz CT molecular complexity index is 833. The summed E-state index contributed by atoms with van der Waals surface area (Å²) in [5, 5.41) is 11.4. The Morgan fingerprint density at radius 3 is 2.44 bits per heavy atom. The number of rotatable bonds is 4. The molecule has 0 fully saturated rings. The zero-order valence-electron chi connectivity index (χ0n) is 14.2. The number of hydrogen-bond acceptors (Lipinski definition) is 3. The van der Waals surface area contributed by atoms with Crippen LogP contribution in [-0.4, -0.2) is 53.0 Å². The van der Waals surface area contributed by atoms with Gasteiger partial charge in [0.25, 0.3) is 5.91 Å². The van der Waals surface area contributed by atoms with Gasteiger partial charge in [0.05, 0.1) is 35.8 Å². The molecule has 0 radical (unpaired) electrons. The van der Waals surface area contributed by atoms with E-state index in [9.17, 15) is 27.6 Å². The molecule has 7 nitrogen and oxygen atoms in total. The molecule has 0 bridgehead atoms. The van der Waals surface area contributed by atoms with Crippen molar-refractivity contribution in [2.24, 2.45) is 0 Å². The summed E-state index contributed by atoms with van der Waals surface area (Å²) in [6.07, 6.45) is -4.74. The van der Waals surface area contributed by atoms with Gasteiger partial charge < -0.3 is 15.3 Å². The zero-order valence-corrected chi connectivity index (χ0v) is 14.2. The van der Waals surface area contributed by atoms with E-state index >= 15 is 0 Å². The van der Waals surface area contributed by atoms with Crippen molar-refractivity contribution in [2.45, 2.75) is 18.6 Å². The van der Waals surface area contributed by atoms with E-state index in [1.807, 2.05) is 0 Å². The number of halogens is 3. The molecule has 0 aromatic heterocycles. The molecule has 0 aliphatic carbocycles. The smallest absolute Gasteiger partial charge is 0.416 e. The molecule has 0 saturated heterocycles. The molecular weight excluding hydrogens is 367 g/mol. The van der Waals surface area contributed by atoms with Crippen molar-refractivity contribution in [1.82, 2.24) is 15.1 Å². The molecule has 3 rings (SSSR count). The Balaban J connectivity index is 1.93. The summed E-state index contributed by atoms with van der Waals surface area (Å²) in [7, 11) is 1.47. The molecule has 1 aromatic rings. The zero-order chi connectivity index (χ0) is 19.9. The number of carboxylic acid groups (broad SMARTS) is 1. The third-order valence-electron chi connectivity index (χ3n) is 4.60. The van der Waals surface area contributed by atoms with Gasteiger partial charge in [-0.15, -0.1) is 0 Å². The quantitative estimate of drug-likeness (QED) is 0.832. The average Bonchev–Trinajstić information content (AvgIpc) is 2.93. The van der Waals surface area contributed by atoms with Crippen molar-refractivity contribution in [2.75, 3.05) is 20.1 Å². The van der Waals surface area contributed by atoms with E-state index < -0.39 is 35.7 Å². The van der Waals surface area contributed by atoms with Crippen molar-refractivity contribution in [3.05, 3.63) is 46.7 Å². The summed E-state index contributed by atoms with van der Waals surface area (Å²) in [4.78, 5) is 38.3. The van der Waals surface area contributed by atoms with Crippen LogP contribution in [-0.2, 0) is 15.8 Å². The normalized spacial score (nSPS) is 20.1. The lowest BCUT2D eigenvalue weighted by atomic mass is 9.95. The van der Waals surface area contributed by atoms with E-state index in [2.05, 4.69) is 5.32 Å². The lowest BCUT2D eigenvalue weighted by Crippen LogP contribution is -2.45. The predicted molar refractivity (Wildman–Crippen MR) is 86.3 cm³/mol. The summed E-state index contributed by atoms with van der Waals surface area (Å²) in [5.74, 6) is -1.50. The molecule has 0 unspecified atom stereocenters. The second-order valence-corrected chi connectivity index (χ2v) is 6.29. The van der Waals surface area contributed by atoms with Crippen LogP contribution in [0.2, 0.25) is 0 Å². The van der Waals surface area contributed by atoms with Gasteiger partial charge in [0.15, 0.2) is 0 Å². The van der Waals surface area contributed by atoms with Gasteiger partial charge in [-0.1, -0.05) is 12.1 Å². The highest BCUT2D eigenvalue weighted by molar-refractivity contribution is 6.01. The second-order valence-electron chi connectivity index (χ2n) is 6.29. The number of benzene rings is 1. The maximum Gasteiger partial charge on any atom is 0.416 e. The molecular formula is C17H16F3N3O4. The monoisotopic (exact) mass is 383 g/mol. The first kappa shape index (κ1) is 18.7. The molecule has 1 aromatic carbocycles. The van der Waals surface area contributed by atoms with Crippen molar-refractivity contribution >= 4 is 17.9 Å². The van der Waals surface area contributed by atoms with Gasteiger partial charge in [0, 0.05) is 13.6 Å². The summed E-state index contributed by atoms with van der Waals surface area (Å²) >= 11 is 0. The molecule has 2 aliphatic heterocycles. The van der Waals surface area contributed by atoms with Crippen LogP contribution in [0.5, 0.6) is 0 Å². The lowest BCUT2D eigenvalue weighted by molar-refractivity contribution is -0.138. The minimum absolute atomic E-state index is 0.0249. The minimum Gasteiger partial charge on any atom is -0.481 e. The van der Waals surface area contributed by atoms with E-state index in [1.54, 1.807) is 0 Å². The maximum atomic E-state index is 12.8. The van der Waals surface area contributed by atoms with Crippen LogP contribution in [0.1, 0.15) is 23.6 Å². The van der Waals surface area contributed by atoms with Gasteiger partial charge in [-0.3, -0.25) is 14.5 Å². The first-order valence-electron chi connectivity index (χ1n) is 8.05. The first-order chi connectivity index (χ1) is 12.6. The van der Waals surface area contributed by atoms with Crippen LogP contribution in [0.15, 0.2) is 35.5 Å². The molecule has 3 amide bonds. The number of aliphatic carboxylic acids is 1. The van der Waals surface area contributed by atoms with Crippen molar-refractivity contribution < 1.29 is 32.7 Å². The summed E-state index contributed by atoms with van der Waals surface area (Å²) in [6.45, 7) is 0.0471. The predicted octanol–water partition coefficient (Wildman–Crippen LogP) is 1.97.